The summed E-state index contributed by atoms with van der Waals surface area (Å²) in [6.45, 7) is 2.38. The number of nitro benzene ring substituents is 1. The minimum absolute atomic E-state index is 0.0826. The molecule has 0 saturated heterocycles. The normalized spacial score (nSPS) is 10.6. The Kier molecular flexibility index (Phi) is 6.89. The Bertz CT molecular complexity index is 1350. The zero-order valence-corrected chi connectivity index (χ0v) is 19.0. The average Bonchev–Trinajstić information content (AvgIpc) is 3.24. The van der Waals surface area contributed by atoms with E-state index >= 15 is 0 Å². The van der Waals surface area contributed by atoms with Crippen molar-refractivity contribution in [2.75, 3.05) is 5.32 Å². The first-order valence-electron chi connectivity index (χ1n) is 10.4. The lowest BCUT2D eigenvalue weighted by Gasteiger charge is -2.09. The summed E-state index contributed by atoms with van der Waals surface area (Å²) in [6, 6.07) is 20.9. The molecular weight excluding hydrogens is 456 g/mol. The Morgan fingerprint density at radius 3 is 2.68 bits per heavy atom. The highest BCUT2D eigenvalue weighted by molar-refractivity contribution is 6.30. The third-order valence-electron chi connectivity index (χ3n) is 5.01. The molecule has 0 aliphatic carbocycles. The lowest BCUT2D eigenvalue weighted by Crippen LogP contribution is -2.13. The summed E-state index contributed by atoms with van der Waals surface area (Å²) in [5, 5.41) is 19.1. The fourth-order valence-corrected chi connectivity index (χ4v) is 3.60. The highest BCUT2D eigenvalue weighted by Crippen LogP contribution is 2.28. The van der Waals surface area contributed by atoms with Crippen molar-refractivity contribution in [3.05, 3.63) is 116 Å². The summed E-state index contributed by atoms with van der Waals surface area (Å²) in [5.74, 6) is 0.274. The number of nitrogens with zero attached hydrogens (tertiary/aromatic N) is 3. The van der Waals surface area contributed by atoms with Crippen LogP contribution in [0.15, 0.2) is 79.0 Å². The van der Waals surface area contributed by atoms with E-state index in [0.29, 0.717) is 28.5 Å². The van der Waals surface area contributed by atoms with Gasteiger partial charge in [0, 0.05) is 28.9 Å². The van der Waals surface area contributed by atoms with E-state index < -0.39 is 4.92 Å². The van der Waals surface area contributed by atoms with E-state index in [1.165, 1.54) is 6.07 Å². The molecule has 0 aliphatic rings. The quantitative estimate of drug-likeness (QED) is 0.262. The second-order valence-corrected chi connectivity index (χ2v) is 8.14. The van der Waals surface area contributed by atoms with Crippen LogP contribution in [0, 0.1) is 17.0 Å². The molecule has 0 bridgehead atoms. The Hall–Kier alpha value is -4.17. The molecule has 0 aliphatic heterocycles. The van der Waals surface area contributed by atoms with Gasteiger partial charge in [0.1, 0.15) is 6.61 Å². The molecule has 4 aromatic rings. The maximum atomic E-state index is 12.7. The number of nitro groups is 1. The molecular formula is C25H21ClN4O4. The van der Waals surface area contributed by atoms with Crippen LogP contribution in [0.5, 0.6) is 5.75 Å². The fourth-order valence-electron chi connectivity index (χ4n) is 3.38. The molecule has 1 N–H and O–H groups in total. The number of amides is 1. The number of rotatable bonds is 8. The van der Waals surface area contributed by atoms with Gasteiger partial charge in [0.05, 0.1) is 11.5 Å². The maximum absolute atomic E-state index is 12.7. The summed E-state index contributed by atoms with van der Waals surface area (Å²) >= 11 is 6.03. The third-order valence-corrected chi connectivity index (χ3v) is 5.25. The first kappa shape index (κ1) is 23.0. The number of aryl methyl sites for hydroxylation is 1. The zero-order chi connectivity index (χ0) is 24.1. The van der Waals surface area contributed by atoms with Gasteiger partial charge in [-0.15, -0.1) is 0 Å². The van der Waals surface area contributed by atoms with E-state index in [1.807, 2.05) is 18.2 Å². The van der Waals surface area contributed by atoms with E-state index in [9.17, 15) is 14.9 Å². The second-order valence-electron chi connectivity index (χ2n) is 7.70. The topological polar surface area (TPSA) is 99.3 Å². The van der Waals surface area contributed by atoms with Crippen LogP contribution in [0.3, 0.4) is 0 Å². The number of carbonyl (C=O) groups excluding carboxylic acids is 1. The van der Waals surface area contributed by atoms with Crippen LogP contribution >= 0.6 is 11.6 Å². The molecule has 0 spiro atoms. The molecule has 1 amide bonds. The summed E-state index contributed by atoms with van der Waals surface area (Å²) in [6.07, 6.45) is 1.77. The smallest absolute Gasteiger partial charge is 0.311 e. The zero-order valence-electron chi connectivity index (χ0n) is 18.3. The predicted octanol–water partition coefficient (Wildman–Crippen LogP) is 5.63. The SMILES string of the molecule is Cc1ccc(OCc2cccc(C(=O)Nc3ccn(Cc4cccc(Cl)c4)n3)c2)c([N+](=O)[O-])c1. The molecule has 0 saturated carbocycles. The number of carbonyl (C=O) groups is 1. The van der Waals surface area contributed by atoms with E-state index in [1.54, 1.807) is 66.3 Å². The maximum Gasteiger partial charge on any atom is 0.311 e. The first-order chi connectivity index (χ1) is 16.4. The van der Waals surface area contributed by atoms with E-state index in [2.05, 4.69) is 10.4 Å². The summed E-state index contributed by atoms with van der Waals surface area (Å²) in [5.41, 5.74) is 2.79. The fraction of sp³-hybridized carbons (Fsp3) is 0.120. The molecule has 0 atom stereocenters. The highest BCUT2D eigenvalue weighted by Gasteiger charge is 2.16. The number of halogens is 1. The number of hydrogen-bond donors (Lipinski definition) is 1. The highest BCUT2D eigenvalue weighted by atomic mass is 35.5. The van der Waals surface area contributed by atoms with Gasteiger partial charge in [-0.1, -0.05) is 41.9 Å². The number of anilines is 1. The van der Waals surface area contributed by atoms with Crippen molar-refractivity contribution in [1.82, 2.24) is 9.78 Å². The molecule has 0 radical (unpaired) electrons. The first-order valence-corrected chi connectivity index (χ1v) is 10.8. The van der Waals surface area contributed by atoms with Gasteiger partial charge in [-0.25, -0.2) is 0 Å². The standard InChI is InChI=1S/C25H21ClN4O4/c1-17-8-9-23(22(12-17)30(32)33)34-16-19-5-2-6-20(13-19)25(31)27-24-10-11-29(28-24)15-18-4-3-7-21(26)14-18/h2-14H,15-16H2,1H3,(H,27,28,31). The van der Waals surface area contributed by atoms with Crippen LogP contribution < -0.4 is 10.1 Å². The van der Waals surface area contributed by atoms with Crippen molar-refractivity contribution in [1.29, 1.82) is 0 Å². The Balaban J connectivity index is 1.40. The van der Waals surface area contributed by atoms with Gasteiger partial charge in [-0.3, -0.25) is 19.6 Å². The monoisotopic (exact) mass is 476 g/mol. The van der Waals surface area contributed by atoms with Crippen molar-refractivity contribution in [3.63, 3.8) is 0 Å². The molecule has 4 rings (SSSR count). The Morgan fingerprint density at radius 2 is 1.88 bits per heavy atom. The number of ether oxygens (including phenoxy) is 1. The molecule has 0 unspecified atom stereocenters. The average molecular weight is 477 g/mol. The second kappa shape index (κ2) is 10.2. The van der Waals surface area contributed by atoms with Crippen molar-refractivity contribution in [2.24, 2.45) is 0 Å². The molecule has 0 fully saturated rings. The Morgan fingerprint density at radius 1 is 1.09 bits per heavy atom. The number of benzene rings is 3. The van der Waals surface area contributed by atoms with E-state index in [0.717, 1.165) is 11.1 Å². The van der Waals surface area contributed by atoms with Gasteiger partial charge >= 0.3 is 5.69 Å². The third kappa shape index (κ3) is 5.79. The number of aromatic nitrogens is 2. The summed E-state index contributed by atoms with van der Waals surface area (Å²) in [7, 11) is 0. The van der Waals surface area contributed by atoms with E-state index in [4.69, 9.17) is 16.3 Å². The molecule has 3 aromatic carbocycles. The van der Waals surface area contributed by atoms with Crippen LogP contribution in [0.1, 0.15) is 27.0 Å². The molecule has 1 heterocycles. The number of nitrogens with one attached hydrogen (secondary N) is 1. The van der Waals surface area contributed by atoms with Crippen LogP contribution in [0.2, 0.25) is 5.02 Å². The van der Waals surface area contributed by atoms with Gasteiger partial charge < -0.3 is 10.1 Å². The molecule has 1 aromatic heterocycles. The molecule has 9 heteroatoms. The lowest BCUT2D eigenvalue weighted by molar-refractivity contribution is -0.386. The molecule has 8 nitrogen and oxygen atoms in total. The lowest BCUT2D eigenvalue weighted by atomic mass is 10.1. The van der Waals surface area contributed by atoms with Crippen LogP contribution in [0.25, 0.3) is 0 Å². The number of hydrogen-bond acceptors (Lipinski definition) is 5. The molecule has 172 valence electrons. The van der Waals surface area contributed by atoms with Gasteiger partial charge in [-0.05, 0) is 53.9 Å². The largest absolute Gasteiger partial charge is 0.482 e. The minimum atomic E-state index is -0.474. The van der Waals surface area contributed by atoms with Gasteiger partial charge in [0.2, 0.25) is 0 Å². The summed E-state index contributed by atoms with van der Waals surface area (Å²) in [4.78, 5) is 23.5. The van der Waals surface area contributed by atoms with Gasteiger partial charge in [-0.2, -0.15) is 5.10 Å². The Labute approximate surface area is 200 Å². The van der Waals surface area contributed by atoms with E-state index in [-0.39, 0.29) is 24.0 Å². The van der Waals surface area contributed by atoms with Crippen LogP contribution in [-0.2, 0) is 13.2 Å². The minimum Gasteiger partial charge on any atom is -0.482 e. The van der Waals surface area contributed by atoms with Crippen LogP contribution in [0.4, 0.5) is 11.5 Å². The van der Waals surface area contributed by atoms with Crippen molar-refractivity contribution in [3.8, 4) is 5.75 Å². The van der Waals surface area contributed by atoms with Crippen LogP contribution in [-0.4, -0.2) is 20.6 Å². The van der Waals surface area contributed by atoms with Crippen molar-refractivity contribution < 1.29 is 14.5 Å². The molecule has 34 heavy (non-hydrogen) atoms. The van der Waals surface area contributed by atoms with Crippen molar-refractivity contribution >= 4 is 29.0 Å². The summed E-state index contributed by atoms with van der Waals surface area (Å²) < 4.78 is 7.37. The van der Waals surface area contributed by atoms with Crippen molar-refractivity contribution in [2.45, 2.75) is 20.1 Å². The van der Waals surface area contributed by atoms with Gasteiger partial charge in [0.15, 0.2) is 11.6 Å². The predicted molar refractivity (Wildman–Crippen MR) is 129 cm³/mol. The van der Waals surface area contributed by atoms with Gasteiger partial charge in [0.25, 0.3) is 5.91 Å².